The van der Waals surface area contributed by atoms with Gasteiger partial charge in [0.15, 0.2) is 0 Å². The number of nitrogens with zero attached hydrogens (tertiary/aromatic N) is 1. The van der Waals surface area contributed by atoms with Gasteiger partial charge in [-0.05, 0) is 0 Å². The van der Waals surface area contributed by atoms with Gasteiger partial charge in [0.05, 0.1) is 5.88 Å². The summed E-state index contributed by atoms with van der Waals surface area (Å²) in [6, 6.07) is 0. The molecule has 0 saturated carbocycles. The Bertz CT molecular complexity index is 174. The molecule has 0 atom stereocenters. The van der Waals surface area contributed by atoms with Gasteiger partial charge in [-0.15, -0.1) is 35.6 Å². The van der Waals surface area contributed by atoms with Gasteiger partial charge in [-0.25, -0.2) is 4.98 Å². The predicted octanol–water partition coefficient (Wildman–Crippen LogP) is 2.17. The van der Waals surface area contributed by atoms with Crippen LogP contribution in [0.4, 0.5) is 0 Å². The molecule has 0 aromatic carbocycles. The monoisotopic (exact) mass is 165 g/mol. The number of aromatic nitrogens is 1. The summed E-state index contributed by atoms with van der Waals surface area (Å²) >= 11 is 11.0. The normalized spacial score (nSPS) is 9.75. The lowest BCUT2D eigenvalue weighted by Crippen LogP contribution is -1.60. The summed E-state index contributed by atoms with van der Waals surface area (Å²) in [6.45, 7) is 0. The molecule has 44 valence electrons. The largest absolute Gasteiger partial charge is 0.238 e. The zero-order valence-corrected chi connectivity index (χ0v) is 6.43. The van der Waals surface area contributed by atoms with Crippen molar-refractivity contribution >= 4 is 35.6 Å². The number of thiazole rings is 1. The quantitative estimate of drug-likeness (QED) is 0.497. The van der Waals surface area contributed by atoms with E-state index in [0.717, 1.165) is 9.22 Å². The number of rotatable bonds is 1. The van der Waals surface area contributed by atoms with E-state index in [2.05, 4.69) is 17.6 Å². The van der Waals surface area contributed by atoms with Crippen LogP contribution in [0.3, 0.4) is 0 Å². The van der Waals surface area contributed by atoms with Gasteiger partial charge in [0.2, 0.25) is 0 Å². The van der Waals surface area contributed by atoms with Crippen molar-refractivity contribution in [2.24, 2.45) is 0 Å². The molecular weight excluding hydrogens is 162 g/mol. The minimum Gasteiger partial charge on any atom is -0.238 e. The molecule has 1 aromatic heterocycles. The summed E-state index contributed by atoms with van der Waals surface area (Å²) in [6.07, 6.45) is 1.74. The Labute approximate surface area is 62.1 Å². The zero-order chi connectivity index (χ0) is 5.98. The van der Waals surface area contributed by atoms with Crippen LogP contribution in [0.5, 0.6) is 0 Å². The standard InChI is InChI=1S/C4H4ClNS2/c5-1-3-2-6-4(7)8-3/h2H,1H2,(H,6,7). The van der Waals surface area contributed by atoms with Crippen molar-refractivity contribution in [2.75, 3.05) is 0 Å². The van der Waals surface area contributed by atoms with E-state index in [4.69, 9.17) is 11.6 Å². The summed E-state index contributed by atoms with van der Waals surface area (Å²) in [7, 11) is 0. The maximum Gasteiger partial charge on any atom is 0.147 e. The maximum atomic E-state index is 5.48. The van der Waals surface area contributed by atoms with E-state index in [1.807, 2.05) is 0 Å². The molecule has 0 bridgehead atoms. The lowest BCUT2D eigenvalue weighted by atomic mass is 10.6. The number of halogens is 1. The highest BCUT2D eigenvalue weighted by molar-refractivity contribution is 7.82. The van der Waals surface area contributed by atoms with Crippen molar-refractivity contribution in [1.82, 2.24) is 4.98 Å². The molecule has 4 heteroatoms. The van der Waals surface area contributed by atoms with E-state index in [1.54, 1.807) is 6.20 Å². The Balaban J connectivity index is 2.84. The van der Waals surface area contributed by atoms with Crippen LogP contribution < -0.4 is 0 Å². The van der Waals surface area contributed by atoms with Crippen LogP contribution in [-0.2, 0) is 5.88 Å². The molecule has 0 fully saturated rings. The van der Waals surface area contributed by atoms with E-state index in [1.165, 1.54) is 11.3 Å². The lowest BCUT2D eigenvalue weighted by molar-refractivity contribution is 1.24. The number of hydrogen-bond donors (Lipinski definition) is 1. The van der Waals surface area contributed by atoms with Crippen molar-refractivity contribution in [1.29, 1.82) is 0 Å². The van der Waals surface area contributed by atoms with Gasteiger partial charge in [0.1, 0.15) is 4.34 Å². The smallest absolute Gasteiger partial charge is 0.147 e. The van der Waals surface area contributed by atoms with Gasteiger partial charge < -0.3 is 0 Å². The van der Waals surface area contributed by atoms with Gasteiger partial charge in [-0.1, -0.05) is 0 Å². The molecule has 1 rings (SSSR count). The van der Waals surface area contributed by atoms with Gasteiger partial charge in [-0.3, -0.25) is 0 Å². The second kappa shape index (κ2) is 2.71. The number of hydrogen-bond acceptors (Lipinski definition) is 3. The number of alkyl halides is 1. The minimum absolute atomic E-state index is 0.540. The van der Waals surface area contributed by atoms with Crippen LogP contribution >= 0.6 is 35.6 Å². The van der Waals surface area contributed by atoms with Gasteiger partial charge in [0.25, 0.3) is 0 Å². The molecular formula is C4H4ClNS2. The first kappa shape index (κ1) is 6.39. The molecule has 0 aliphatic heterocycles. The lowest BCUT2D eigenvalue weighted by Gasteiger charge is -1.75. The third-order valence-electron chi connectivity index (χ3n) is 0.673. The molecule has 1 aromatic rings. The molecule has 0 aliphatic rings. The third-order valence-corrected chi connectivity index (χ3v) is 2.31. The summed E-state index contributed by atoms with van der Waals surface area (Å²) in [5.41, 5.74) is 0. The average molecular weight is 166 g/mol. The van der Waals surface area contributed by atoms with Crippen LogP contribution in [0.15, 0.2) is 10.5 Å². The van der Waals surface area contributed by atoms with Crippen LogP contribution in [0.25, 0.3) is 0 Å². The topological polar surface area (TPSA) is 12.9 Å². The summed E-state index contributed by atoms with van der Waals surface area (Å²) < 4.78 is 0.778. The van der Waals surface area contributed by atoms with Gasteiger partial charge in [0, 0.05) is 11.1 Å². The van der Waals surface area contributed by atoms with Crippen molar-refractivity contribution < 1.29 is 0 Å². The van der Waals surface area contributed by atoms with E-state index in [-0.39, 0.29) is 0 Å². The van der Waals surface area contributed by atoms with Crippen LogP contribution in [0, 0.1) is 0 Å². The summed E-state index contributed by atoms with van der Waals surface area (Å²) in [5.74, 6) is 0.540. The molecule has 0 N–H and O–H groups in total. The fraction of sp³-hybridized carbons (Fsp3) is 0.250. The molecule has 1 heterocycles. The van der Waals surface area contributed by atoms with Crippen molar-refractivity contribution in [2.45, 2.75) is 10.2 Å². The van der Waals surface area contributed by atoms with Crippen molar-refractivity contribution in [3.05, 3.63) is 11.1 Å². The Morgan fingerprint density at radius 2 is 2.62 bits per heavy atom. The van der Waals surface area contributed by atoms with Crippen molar-refractivity contribution in [3.8, 4) is 0 Å². The maximum absolute atomic E-state index is 5.48. The fourth-order valence-corrected chi connectivity index (χ4v) is 1.50. The zero-order valence-electron chi connectivity index (χ0n) is 3.97. The molecule has 0 saturated heterocycles. The van der Waals surface area contributed by atoms with Crippen LogP contribution in [-0.4, -0.2) is 4.98 Å². The number of thiol groups is 1. The predicted molar refractivity (Wildman–Crippen MR) is 38.9 cm³/mol. The first-order chi connectivity index (χ1) is 3.83. The Hall–Kier alpha value is 0.270. The molecule has 0 radical (unpaired) electrons. The van der Waals surface area contributed by atoms with E-state index in [9.17, 15) is 0 Å². The Kier molecular flexibility index (Phi) is 2.16. The molecule has 0 unspecified atom stereocenters. The molecule has 0 spiro atoms. The highest BCUT2D eigenvalue weighted by Gasteiger charge is 1.93. The van der Waals surface area contributed by atoms with Gasteiger partial charge in [-0.2, -0.15) is 0 Å². The van der Waals surface area contributed by atoms with Crippen LogP contribution in [0.2, 0.25) is 0 Å². The van der Waals surface area contributed by atoms with Crippen molar-refractivity contribution in [3.63, 3.8) is 0 Å². The Morgan fingerprint density at radius 1 is 1.88 bits per heavy atom. The summed E-state index contributed by atoms with van der Waals surface area (Å²) in [4.78, 5) is 4.95. The summed E-state index contributed by atoms with van der Waals surface area (Å²) in [5, 5.41) is 0. The second-order valence-corrected chi connectivity index (χ2v) is 3.35. The highest BCUT2D eigenvalue weighted by atomic mass is 35.5. The fourth-order valence-electron chi connectivity index (χ4n) is 0.359. The average Bonchev–Trinajstić information content (AvgIpc) is 2.14. The second-order valence-electron chi connectivity index (χ2n) is 1.24. The van der Waals surface area contributed by atoms with E-state index >= 15 is 0 Å². The Morgan fingerprint density at radius 3 is 2.88 bits per heavy atom. The first-order valence-electron chi connectivity index (χ1n) is 2.02. The third kappa shape index (κ3) is 1.37. The SMILES string of the molecule is Sc1ncc(CCl)s1. The molecule has 0 amide bonds. The van der Waals surface area contributed by atoms with Gasteiger partial charge >= 0.3 is 0 Å². The minimum atomic E-state index is 0.540. The van der Waals surface area contributed by atoms with E-state index in [0.29, 0.717) is 5.88 Å². The van der Waals surface area contributed by atoms with Crippen LogP contribution in [0.1, 0.15) is 4.88 Å². The highest BCUT2D eigenvalue weighted by Crippen LogP contribution is 2.16. The van der Waals surface area contributed by atoms with E-state index < -0.39 is 0 Å². The molecule has 1 nitrogen and oxygen atoms in total. The first-order valence-corrected chi connectivity index (χ1v) is 3.82. The molecule has 8 heavy (non-hydrogen) atoms. The molecule has 0 aliphatic carbocycles.